The molecule has 0 aromatic carbocycles. The number of anilines is 4. The van der Waals surface area contributed by atoms with Gasteiger partial charge in [-0.2, -0.15) is 9.97 Å². The summed E-state index contributed by atoms with van der Waals surface area (Å²) >= 11 is 0. The molecule has 4 aromatic heterocycles. The van der Waals surface area contributed by atoms with Gasteiger partial charge in [0.2, 0.25) is 23.7 Å². The number of piperazine rings is 1. The summed E-state index contributed by atoms with van der Waals surface area (Å²) in [7, 11) is 0. The molecule has 0 radical (unpaired) electrons. The lowest BCUT2D eigenvalue weighted by molar-refractivity contribution is -0.128. The minimum absolute atomic E-state index is 0.0265. The molecule has 4 aliphatic heterocycles. The molecule has 4 saturated heterocycles. The van der Waals surface area contributed by atoms with Gasteiger partial charge in [0.25, 0.3) is 0 Å². The zero-order valence-electron chi connectivity index (χ0n) is 40.7. The number of hydrogen-bond donors (Lipinski definition) is 2. The fourth-order valence-corrected chi connectivity index (χ4v) is 8.25. The highest BCUT2D eigenvalue weighted by atomic mass is 16.6. The molecule has 2 N–H and O–H groups in total. The minimum Gasteiger partial charge on any atom is -0.460 e. The molecule has 22 heteroatoms. The summed E-state index contributed by atoms with van der Waals surface area (Å²) in [5.74, 6) is 2.92. The molecule has 0 spiro atoms. The van der Waals surface area contributed by atoms with Gasteiger partial charge in [0.05, 0.1) is 30.7 Å². The number of nitrogens with zero attached hydrogens (tertiary/aromatic N) is 13. The molecule has 4 amide bonds. The minimum atomic E-state index is -0.400. The summed E-state index contributed by atoms with van der Waals surface area (Å²) in [6, 6.07) is 3.26. The van der Waals surface area contributed by atoms with Crippen molar-refractivity contribution in [1.29, 1.82) is 0 Å². The van der Waals surface area contributed by atoms with Gasteiger partial charge < -0.3 is 34.6 Å². The van der Waals surface area contributed by atoms with E-state index < -0.39 is 6.09 Å². The average Bonchev–Trinajstić information content (AvgIpc) is 3.97. The molecule has 22 nitrogen and oxygen atoms in total. The van der Waals surface area contributed by atoms with Crippen molar-refractivity contribution < 1.29 is 33.4 Å². The molecular weight excluding hydrogens is 899 g/mol. The van der Waals surface area contributed by atoms with E-state index in [4.69, 9.17) is 14.2 Å². The monoisotopic (exact) mass is 962 g/mol. The van der Waals surface area contributed by atoms with Gasteiger partial charge in [-0.1, -0.05) is 40.9 Å². The van der Waals surface area contributed by atoms with E-state index in [0.717, 1.165) is 42.9 Å². The molecule has 4 aromatic rings. The van der Waals surface area contributed by atoms with Gasteiger partial charge in [-0.05, 0) is 50.0 Å². The van der Waals surface area contributed by atoms with Gasteiger partial charge in [0.15, 0.2) is 0 Å². The van der Waals surface area contributed by atoms with Gasteiger partial charge in [0, 0.05) is 100 Å². The summed E-state index contributed by atoms with van der Waals surface area (Å²) in [6.07, 6.45) is 13.6. The first-order valence-corrected chi connectivity index (χ1v) is 23.7. The van der Waals surface area contributed by atoms with Crippen LogP contribution in [-0.4, -0.2) is 149 Å². The third-order valence-corrected chi connectivity index (χ3v) is 12.6. The Bertz CT molecular complexity index is 2280. The Morgan fingerprint density at radius 1 is 0.671 bits per heavy atom. The van der Waals surface area contributed by atoms with Crippen LogP contribution in [0.25, 0.3) is 0 Å². The number of piperidine rings is 1. The van der Waals surface area contributed by atoms with Gasteiger partial charge in [0.1, 0.15) is 36.8 Å². The summed E-state index contributed by atoms with van der Waals surface area (Å²) in [6.45, 7) is 24.7. The van der Waals surface area contributed by atoms with Crippen molar-refractivity contribution in [2.24, 2.45) is 11.8 Å². The number of carbonyl (C=O) groups is 4. The topological polar surface area (TPSA) is 239 Å². The molecular formula is C48H63N15O7. The Kier molecular flexibility index (Phi) is 16.8. The van der Waals surface area contributed by atoms with Crippen LogP contribution in [0.2, 0.25) is 0 Å². The van der Waals surface area contributed by atoms with Crippen molar-refractivity contribution in [2.75, 3.05) is 72.9 Å². The van der Waals surface area contributed by atoms with Crippen molar-refractivity contribution in [3.05, 3.63) is 91.6 Å². The smallest absolute Gasteiger partial charge is 0.415 e. The van der Waals surface area contributed by atoms with Gasteiger partial charge in [-0.3, -0.25) is 24.3 Å². The molecule has 0 unspecified atom stereocenters. The fourth-order valence-electron chi connectivity index (χ4n) is 8.25. The molecule has 70 heavy (non-hydrogen) atoms. The van der Waals surface area contributed by atoms with E-state index in [0.29, 0.717) is 75.5 Å². The quantitative estimate of drug-likeness (QED) is 0.137. The highest BCUT2D eigenvalue weighted by Gasteiger charge is 2.38. The van der Waals surface area contributed by atoms with Crippen molar-refractivity contribution in [3.63, 3.8) is 0 Å². The number of aromatic nitrogens is 8. The van der Waals surface area contributed by atoms with Crippen LogP contribution < -0.4 is 25.2 Å². The normalized spacial score (nSPS) is 19.5. The van der Waals surface area contributed by atoms with E-state index in [9.17, 15) is 19.2 Å². The van der Waals surface area contributed by atoms with Crippen molar-refractivity contribution in [3.8, 4) is 6.01 Å². The van der Waals surface area contributed by atoms with Crippen LogP contribution in [0.5, 0.6) is 6.01 Å². The second kappa shape index (κ2) is 23.3. The van der Waals surface area contributed by atoms with Crippen LogP contribution in [0.1, 0.15) is 83.4 Å². The molecule has 4 fully saturated rings. The molecule has 372 valence electrons. The lowest BCUT2D eigenvalue weighted by Crippen LogP contribution is -2.47. The number of nitrogens with one attached hydrogen (secondary N) is 2. The predicted octanol–water partition coefficient (Wildman–Crippen LogP) is 5.23. The van der Waals surface area contributed by atoms with Crippen LogP contribution in [-0.2, 0) is 25.6 Å². The Morgan fingerprint density at radius 2 is 1.11 bits per heavy atom. The fraction of sp³-hybridized carbons (Fsp3) is 0.500. The number of cyclic esters (lactones) is 2. The Morgan fingerprint density at radius 3 is 1.56 bits per heavy atom. The van der Waals surface area contributed by atoms with Gasteiger partial charge in [-0.25, -0.2) is 39.5 Å². The first-order valence-electron chi connectivity index (χ1n) is 23.7. The average molecular weight is 962 g/mol. The Hall–Kier alpha value is -7.36. The van der Waals surface area contributed by atoms with E-state index in [1.54, 1.807) is 68.9 Å². The van der Waals surface area contributed by atoms with Gasteiger partial charge >= 0.3 is 18.2 Å². The summed E-state index contributed by atoms with van der Waals surface area (Å²) in [4.78, 5) is 92.3. The first-order chi connectivity index (χ1) is 33.7. The van der Waals surface area contributed by atoms with Gasteiger partial charge in [-0.15, -0.1) is 0 Å². The van der Waals surface area contributed by atoms with Crippen LogP contribution in [0.3, 0.4) is 0 Å². The lowest BCUT2D eigenvalue weighted by atomic mass is 10.0. The van der Waals surface area contributed by atoms with Crippen LogP contribution >= 0.6 is 0 Å². The second-order valence-electron chi connectivity index (χ2n) is 18.1. The SMILES string of the molecule is C=CC(=O)N1CCC(Oc2ncc([C@H](C)Nc3nccc(N4C(=O)OC[C@@H]4C(C)C)n3)cn2)CC1.C=CC(=O)N1CCN(Cc2ncc([C@H](C)Nc3nccc(N4C(=O)OC[C@@H]4C(C)C)n3)cn2)CC1. The Balaban J connectivity index is 0.000000206. The molecule has 4 aliphatic rings. The largest absolute Gasteiger partial charge is 0.460 e. The van der Waals surface area contributed by atoms with Crippen molar-refractivity contribution >= 4 is 47.5 Å². The number of carbonyl (C=O) groups excluding carboxylic acids is 4. The van der Waals surface area contributed by atoms with E-state index >= 15 is 0 Å². The van der Waals surface area contributed by atoms with Crippen LogP contribution in [0.4, 0.5) is 33.1 Å². The lowest BCUT2D eigenvalue weighted by Gasteiger charge is -2.33. The number of likely N-dealkylation sites (tertiary alicyclic amines) is 1. The number of rotatable bonds is 16. The molecule has 0 bridgehead atoms. The molecule has 0 saturated carbocycles. The highest BCUT2D eigenvalue weighted by Crippen LogP contribution is 2.29. The van der Waals surface area contributed by atoms with E-state index in [1.807, 2.05) is 27.7 Å². The standard InChI is InChI=1S/C24H32N8O3.C24H31N7O4/c1-5-22(33)31-10-8-30(9-11-31)14-20-26-12-18(13-27-20)17(4)28-23-25-7-6-21(29-23)32-19(16(2)3)15-35-24(32)34;1-5-21(32)30-10-7-18(8-11-30)35-23-26-12-17(13-27-23)16(4)28-22-25-9-6-20(29-22)31-19(15(2)3)14-34-24(31)33/h5-7,12-13,16-17,19H,1,8-11,14-15H2,2-4H3,(H,25,28,29);5-6,9,12-13,15-16,18-19H,1,7-8,10-11,14H2,2-4H3,(H,25,28,29)/t17-,19+;16-,19+/m00/s1. The maximum atomic E-state index is 12.3. The third kappa shape index (κ3) is 12.6. The van der Waals surface area contributed by atoms with Crippen molar-refractivity contribution in [2.45, 2.75) is 91.2 Å². The maximum Gasteiger partial charge on any atom is 0.415 e. The second-order valence-corrected chi connectivity index (χ2v) is 18.1. The van der Waals surface area contributed by atoms with E-state index in [1.165, 1.54) is 12.2 Å². The zero-order valence-corrected chi connectivity index (χ0v) is 40.7. The maximum absolute atomic E-state index is 12.3. The van der Waals surface area contributed by atoms with E-state index in [-0.39, 0.29) is 60.0 Å². The highest BCUT2D eigenvalue weighted by molar-refractivity contribution is 5.90. The summed E-state index contributed by atoms with van der Waals surface area (Å²) < 4.78 is 16.4. The van der Waals surface area contributed by atoms with E-state index in [2.05, 4.69) is 82.4 Å². The predicted molar refractivity (Wildman–Crippen MR) is 260 cm³/mol. The van der Waals surface area contributed by atoms with Crippen LogP contribution in [0.15, 0.2) is 74.6 Å². The number of amides is 4. The summed E-state index contributed by atoms with van der Waals surface area (Å²) in [5, 5.41) is 6.50. The molecule has 8 heterocycles. The van der Waals surface area contributed by atoms with Crippen molar-refractivity contribution in [1.82, 2.24) is 54.6 Å². The zero-order chi connectivity index (χ0) is 49.9. The first kappa shape index (κ1) is 50.5. The molecule has 8 rings (SSSR count). The Labute approximate surface area is 408 Å². The molecule has 0 aliphatic carbocycles. The number of ether oxygens (including phenoxy) is 3. The molecule has 4 atom stereocenters. The van der Waals surface area contributed by atoms with Crippen LogP contribution in [0, 0.1) is 11.8 Å². The third-order valence-electron chi connectivity index (χ3n) is 12.6. The summed E-state index contributed by atoms with van der Waals surface area (Å²) in [5.41, 5.74) is 1.73. The number of hydrogen-bond acceptors (Lipinski definition) is 18.